The van der Waals surface area contributed by atoms with Crippen LogP contribution in [0.15, 0.2) is 191 Å². The number of furan rings is 2. The quantitative estimate of drug-likeness (QED) is 0.172. The van der Waals surface area contributed by atoms with Gasteiger partial charge in [-0.2, -0.15) is 0 Å². The molecule has 254 valence electrons. The van der Waals surface area contributed by atoms with Crippen LogP contribution in [-0.2, 0) is 0 Å². The highest BCUT2D eigenvalue weighted by molar-refractivity contribution is 7.22. The molecule has 8 aromatic carbocycles. The van der Waals surface area contributed by atoms with E-state index >= 15 is 0 Å². The lowest BCUT2D eigenvalue weighted by molar-refractivity contribution is 0.668. The molecule has 0 aliphatic carbocycles. The van der Waals surface area contributed by atoms with E-state index in [1.54, 1.807) is 11.3 Å². The molecule has 3 heterocycles. The van der Waals surface area contributed by atoms with E-state index in [0.29, 0.717) is 0 Å². The molecule has 0 saturated carbocycles. The average molecular weight is 711 g/mol. The molecule has 0 atom stereocenters. The van der Waals surface area contributed by atoms with Crippen molar-refractivity contribution in [3.8, 4) is 32.8 Å². The van der Waals surface area contributed by atoms with E-state index in [9.17, 15) is 0 Å². The number of hydrogen-bond acceptors (Lipinski definition) is 5. The number of fused-ring (bicyclic) bond motifs is 8. The Kier molecular flexibility index (Phi) is 7.00. The number of nitrogens with zero attached hydrogens (tertiary/aromatic N) is 2. The first-order valence-corrected chi connectivity index (χ1v) is 18.8. The van der Waals surface area contributed by atoms with Crippen LogP contribution in [0.25, 0.3) is 86.9 Å². The third kappa shape index (κ3) is 5.01. The molecule has 0 aliphatic heterocycles. The standard InChI is InChI=1S/C49H30N2O2S/c1-3-10-31(11-4-1)32-18-22-35(23-19-32)51(36-24-20-33(21-25-36)38-15-9-17-44-46(38)39-14-7-8-16-42(39)52-44)37-26-28-43-40(30-37)47-45(53-43)29-27-41-48(47)54-49(50-41)34-12-5-2-6-13-34/h1-30H. The molecule has 0 saturated heterocycles. The predicted octanol–water partition coefficient (Wildman–Crippen LogP) is 14.6. The number of hydrogen-bond donors (Lipinski definition) is 0. The van der Waals surface area contributed by atoms with Crippen LogP contribution in [0.4, 0.5) is 17.1 Å². The van der Waals surface area contributed by atoms with Gasteiger partial charge in [-0.3, -0.25) is 0 Å². The van der Waals surface area contributed by atoms with Gasteiger partial charge in [-0.15, -0.1) is 11.3 Å². The minimum Gasteiger partial charge on any atom is -0.456 e. The second-order valence-corrected chi connectivity index (χ2v) is 14.5. The van der Waals surface area contributed by atoms with Gasteiger partial charge in [-0.1, -0.05) is 115 Å². The highest BCUT2D eigenvalue weighted by Crippen LogP contribution is 2.44. The van der Waals surface area contributed by atoms with Crippen molar-refractivity contribution in [2.75, 3.05) is 4.90 Å². The molecule has 5 heteroatoms. The summed E-state index contributed by atoms with van der Waals surface area (Å²) in [4.78, 5) is 7.36. The van der Waals surface area contributed by atoms with Gasteiger partial charge in [0.15, 0.2) is 0 Å². The van der Waals surface area contributed by atoms with Crippen molar-refractivity contribution in [2.45, 2.75) is 0 Å². The SMILES string of the molecule is c1ccc(-c2ccc(N(c3ccc(-c4cccc5oc6ccccc6c45)cc3)c3ccc4oc5ccc6nc(-c7ccccc7)sc6c5c4c3)cc2)cc1. The first-order chi connectivity index (χ1) is 26.7. The molecule has 0 spiro atoms. The van der Waals surface area contributed by atoms with Gasteiger partial charge in [-0.05, 0) is 89.0 Å². The fourth-order valence-electron chi connectivity index (χ4n) is 7.76. The van der Waals surface area contributed by atoms with Crippen LogP contribution in [-0.4, -0.2) is 4.98 Å². The zero-order valence-corrected chi connectivity index (χ0v) is 29.8. The number of benzene rings is 8. The van der Waals surface area contributed by atoms with Gasteiger partial charge in [-0.25, -0.2) is 4.98 Å². The molecule has 11 aromatic rings. The van der Waals surface area contributed by atoms with Gasteiger partial charge in [0.2, 0.25) is 0 Å². The minimum absolute atomic E-state index is 0.853. The lowest BCUT2D eigenvalue weighted by atomic mass is 9.99. The summed E-state index contributed by atoms with van der Waals surface area (Å²) in [6.07, 6.45) is 0. The van der Waals surface area contributed by atoms with Gasteiger partial charge >= 0.3 is 0 Å². The number of anilines is 3. The van der Waals surface area contributed by atoms with Crippen molar-refractivity contribution in [1.29, 1.82) is 0 Å². The highest BCUT2D eigenvalue weighted by Gasteiger charge is 2.20. The van der Waals surface area contributed by atoms with E-state index in [0.717, 1.165) is 92.9 Å². The molecule has 54 heavy (non-hydrogen) atoms. The Morgan fingerprint density at radius 2 is 0.981 bits per heavy atom. The summed E-state index contributed by atoms with van der Waals surface area (Å²) in [6.45, 7) is 0. The summed E-state index contributed by atoms with van der Waals surface area (Å²) >= 11 is 1.72. The van der Waals surface area contributed by atoms with E-state index < -0.39 is 0 Å². The molecule has 11 rings (SSSR count). The molecule has 3 aromatic heterocycles. The molecular formula is C49H30N2O2S. The van der Waals surface area contributed by atoms with Crippen molar-refractivity contribution in [3.05, 3.63) is 182 Å². The molecular weight excluding hydrogens is 681 g/mol. The third-order valence-electron chi connectivity index (χ3n) is 10.3. The zero-order valence-electron chi connectivity index (χ0n) is 28.9. The molecule has 0 bridgehead atoms. The first-order valence-electron chi connectivity index (χ1n) is 18.0. The smallest absolute Gasteiger partial charge is 0.137 e. The summed E-state index contributed by atoms with van der Waals surface area (Å²) < 4.78 is 13.8. The summed E-state index contributed by atoms with van der Waals surface area (Å²) in [7, 11) is 0. The van der Waals surface area contributed by atoms with Gasteiger partial charge in [0.25, 0.3) is 0 Å². The number of rotatable bonds is 6. The van der Waals surface area contributed by atoms with Crippen molar-refractivity contribution in [2.24, 2.45) is 0 Å². The topological polar surface area (TPSA) is 42.4 Å². The van der Waals surface area contributed by atoms with E-state index in [2.05, 4.69) is 163 Å². The van der Waals surface area contributed by atoms with Gasteiger partial charge in [0.05, 0.1) is 10.2 Å². The van der Waals surface area contributed by atoms with E-state index in [1.807, 2.05) is 24.3 Å². The van der Waals surface area contributed by atoms with Crippen LogP contribution in [0.1, 0.15) is 0 Å². The summed E-state index contributed by atoms with van der Waals surface area (Å²) in [6, 6.07) is 63.8. The van der Waals surface area contributed by atoms with Gasteiger partial charge in [0, 0.05) is 44.2 Å². The lowest BCUT2D eigenvalue weighted by Gasteiger charge is -2.26. The molecule has 0 fully saturated rings. The third-order valence-corrected chi connectivity index (χ3v) is 11.5. The molecule has 0 N–H and O–H groups in total. The Morgan fingerprint density at radius 3 is 1.74 bits per heavy atom. The first kappa shape index (κ1) is 30.7. The van der Waals surface area contributed by atoms with E-state index in [1.165, 1.54) is 11.1 Å². The summed E-state index contributed by atoms with van der Waals surface area (Å²) in [5, 5.41) is 5.43. The van der Waals surface area contributed by atoms with Crippen LogP contribution in [0.3, 0.4) is 0 Å². The summed E-state index contributed by atoms with van der Waals surface area (Å²) in [5.74, 6) is 0. The molecule has 0 amide bonds. The minimum atomic E-state index is 0.853. The fourth-order valence-corrected chi connectivity index (χ4v) is 8.89. The highest BCUT2D eigenvalue weighted by atomic mass is 32.1. The zero-order chi connectivity index (χ0) is 35.6. The van der Waals surface area contributed by atoms with E-state index in [-0.39, 0.29) is 0 Å². The lowest BCUT2D eigenvalue weighted by Crippen LogP contribution is -2.09. The van der Waals surface area contributed by atoms with Crippen molar-refractivity contribution in [1.82, 2.24) is 4.98 Å². The largest absolute Gasteiger partial charge is 0.456 e. The Labute approximate surface area is 314 Å². The fraction of sp³-hybridized carbons (Fsp3) is 0. The predicted molar refractivity (Wildman–Crippen MR) is 225 cm³/mol. The van der Waals surface area contributed by atoms with Crippen LogP contribution < -0.4 is 4.90 Å². The van der Waals surface area contributed by atoms with Crippen molar-refractivity contribution >= 4 is 82.5 Å². The van der Waals surface area contributed by atoms with Crippen LogP contribution in [0, 0.1) is 0 Å². The van der Waals surface area contributed by atoms with Crippen molar-refractivity contribution < 1.29 is 8.83 Å². The molecule has 0 radical (unpaired) electrons. The maximum absolute atomic E-state index is 6.46. The van der Waals surface area contributed by atoms with E-state index in [4.69, 9.17) is 13.8 Å². The number of aromatic nitrogens is 1. The molecule has 0 aliphatic rings. The Balaban J connectivity index is 1.07. The Hall–Kier alpha value is -6.95. The van der Waals surface area contributed by atoms with Gasteiger partial charge in [0.1, 0.15) is 27.3 Å². The summed E-state index contributed by atoms with van der Waals surface area (Å²) in [5.41, 5.74) is 13.4. The van der Waals surface area contributed by atoms with Crippen LogP contribution >= 0.6 is 11.3 Å². The average Bonchev–Trinajstić information content (AvgIpc) is 3.95. The molecule has 0 unspecified atom stereocenters. The van der Waals surface area contributed by atoms with Crippen LogP contribution in [0.5, 0.6) is 0 Å². The monoisotopic (exact) mass is 710 g/mol. The number of thiazole rings is 1. The normalized spacial score (nSPS) is 11.7. The van der Waals surface area contributed by atoms with Crippen LogP contribution in [0.2, 0.25) is 0 Å². The Bertz CT molecular complexity index is 3140. The maximum atomic E-state index is 6.46. The maximum Gasteiger partial charge on any atom is 0.137 e. The second-order valence-electron chi connectivity index (χ2n) is 13.5. The second kappa shape index (κ2) is 12.3. The van der Waals surface area contributed by atoms with Gasteiger partial charge < -0.3 is 13.7 Å². The molecule has 4 nitrogen and oxygen atoms in total. The Morgan fingerprint density at radius 1 is 0.407 bits per heavy atom. The number of para-hydroxylation sites is 1. The van der Waals surface area contributed by atoms with Crippen molar-refractivity contribution in [3.63, 3.8) is 0 Å².